The largest absolute Gasteiger partial charge is 0.205 e. The Morgan fingerprint density at radius 2 is 1.77 bits per heavy atom. The third-order valence-corrected chi connectivity index (χ3v) is 6.26. The molecule has 0 N–H and O–H groups in total. The molecule has 0 aromatic heterocycles. The van der Waals surface area contributed by atoms with Crippen LogP contribution >= 0.6 is 11.6 Å². The highest BCUT2D eigenvalue weighted by atomic mass is 35.5. The molecule has 0 spiro atoms. The highest BCUT2D eigenvalue weighted by Crippen LogP contribution is 2.41. The Balaban J connectivity index is 1.70. The first-order chi connectivity index (χ1) is 10.6. The smallest absolute Gasteiger partial charge is 0.149 e. The molecule has 1 unspecified atom stereocenters. The zero-order valence-corrected chi connectivity index (χ0v) is 14.4. The second-order valence-corrected chi connectivity index (χ2v) is 7.72. The van der Waals surface area contributed by atoms with Crippen LogP contribution in [0, 0.1) is 30.5 Å². The van der Waals surface area contributed by atoms with Gasteiger partial charge in [0.25, 0.3) is 0 Å². The first kappa shape index (κ1) is 16.1. The van der Waals surface area contributed by atoms with E-state index in [4.69, 9.17) is 11.6 Å². The topological polar surface area (TPSA) is 0 Å². The summed E-state index contributed by atoms with van der Waals surface area (Å²) in [6.45, 7) is 4.23. The molecule has 1 atom stereocenters. The molecule has 2 heteroatoms. The van der Waals surface area contributed by atoms with Crippen LogP contribution in [0.1, 0.15) is 63.0 Å². The van der Waals surface area contributed by atoms with Crippen molar-refractivity contribution in [1.82, 2.24) is 0 Å². The molecular formula is C20H26ClF. The Morgan fingerprint density at radius 1 is 1.05 bits per heavy atom. The van der Waals surface area contributed by atoms with Crippen molar-refractivity contribution in [2.45, 2.75) is 58.8 Å². The number of rotatable bonds is 2. The zero-order chi connectivity index (χ0) is 15.7. The second kappa shape index (κ2) is 6.74. The minimum absolute atomic E-state index is 0.238. The quantitative estimate of drug-likeness (QED) is 0.562. The van der Waals surface area contributed by atoms with Crippen LogP contribution in [0.25, 0.3) is 5.57 Å². The van der Waals surface area contributed by atoms with Gasteiger partial charge in [-0.05, 0) is 67.9 Å². The van der Waals surface area contributed by atoms with Crippen molar-refractivity contribution in [2.75, 3.05) is 0 Å². The monoisotopic (exact) mass is 320 g/mol. The molecule has 0 nitrogen and oxygen atoms in total. The van der Waals surface area contributed by atoms with Crippen LogP contribution < -0.4 is 0 Å². The first-order valence-corrected chi connectivity index (χ1v) is 9.08. The van der Waals surface area contributed by atoms with Gasteiger partial charge in [-0.2, -0.15) is 0 Å². The summed E-state index contributed by atoms with van der Waals surface area (Å²) in [5.74, 6) is 2.37. The summed E-state index contributed by atoms with van der Waals surface area (Å²) in [5, 5.41) is 0.279. The second-order valence-electron chi connectivity index (χ2n) is 7.34. The van der Waals surface area contributed by atoms with Crippen molar-refractivity contribution in [2.24, 2.45) is 17.8 Å². The Morgan fingerprint density at radius 3 is 2.41 bits per heavy atom. The molecule has 1 aromatic rings. The minimum atomic E-state index is -0.238. The Labute approximate surface area is 138 Å². The lowest BCUT2D eigenvalue weighted by molar-refractivity contribution is 0.202. The van der Waals surface area contributed by atoms with Gasteiger partial charge in [0, 0.05) is 5.56 Å². The van der Waals surface area contributed by atoms with E-state index in [0.717, 1.165) is 41.7 Å². The highest BCUT2D eigenvalue weighted by Gasteiger charge is 2.28. The maximum Gasteiger partial charge on any atom is 0.149 e. The number of hydrogen-bond acceptors (Lipinski definition) is 0. The van der Waals surface area contributed by atoms with E-state index in [9.17, 15) is 4.39 Å². The van der Waals surface area contributed by atoms with Crippen molar-refractivity contribution in [3.63, 3.8) is 0 Å². The van der Waals surface area contributed by atoms with E-state index >= 15 is 0 Å². The molecular weight excluding hydrogens is 295 g/mol. The average molecular weight is 321 g/mol. The summed E-state index contributed by atoms with van der Waals surface area (Å²) >= 11 is 6.06. The average Bonchev–Trinajstić information content (AvgIpc) is 2.54. The summed E-state index contributed by atoms with van der Waals surface area (Å²) in [6.07, 6.45) is 11.1. The van der Waals surface area contributed by atoms with Gasteiger partial charge in [0.1, 0.15) is 5.82 Å². The fraction of sp³-hybridized carbons (Fsp3) is 0.600. The molecule has 22 heavy (non-hydrogen) atoms. The van der Waals surface area contributed by atoms with Crippen molar-refractivity contribution in [1.29, 1.82) is 0 Å². The van der Waals surface area contributed by atoms with Crippen LogP contribution in [0.4, 0.5) is 4.39 Å². The molecule has 120 valence electrons. The van der Waals surface area contributed by atoms with Crippen molar-refractivity contribution in [3.8, 4) is 0 Å². The van der Waals surface area contributed by atoms with Gasteiger partial charge in [0.2, 0.25) is 0 Å². The van der Waals surface area contributed by atoms with Crippen molar-refractivity contribution < 1.29 is 4.39 Å². The van der Waals surface area contributed by atoms with E-state index in [-0.39, 0.29) is 10.8 Å². The number of aryl methyl sites for hydroxylation is 1. The number of allylic oxidation sites excluding steroid dienone is 2. The standard InChI is InChI=1S/C20H26ClF/c1-13-3-6-15(7-4-13)16-8-10-17(11-9-16)18-12-5-14(2)19(21)20(18)22/h5,10,12-13,15-16H,3-4,6-9,11H2,1-2H3. The SMILES string of the molecule is Cc1ccc(C2=CCC(C3CCC(C)CC3)CC2)c(F)c1Cl. The summed E-state index contributed by atoms with van der Waals surface area (Å²) in [7, 11) is 0. The van der Waals surface area contributed by atoms with E-state index in [1.165, 1.54) is 32.1 Å². The lowest BCUT2D eigenvalue weighted by Gasteiger charge is -2.34. The number of benzene rings is 1. The molecule has 3 rings (SSSR count). The molecule has 2 aliphatic carbocycles. The van der Waals surface area contributed by atoms with E-state index in [2.05, 4.69) is 13.0 Å². The van der Waals surface area contributed by atoms with Crippen LogP contribution in [0.3, 0.4) is 0 Å². The molecule has 0 heterocycles. The van der Waals surface area contributed by atoms with E-state index in [0.29, 0.717) is 5.56 Å². The van der Waals surface area contributed by atoms with Crippen LogP contribution in [-0.2, 0) is 0 Å². The Bertz CT molecular complexity index is 567. The normalized spacial score (nSPS) is 29.3. The van der Waals surface area contributed by atoms with Gasteiger partial charge in [-0.1, -0.05) is 49.6 Å². The predicted octanol–water partition coefficient (Wildman–Crippen LogP) is 6.80. The molecule has 0 bridgehead atoms. The van der Waals surface area contributed by atoms with Gasteiger partial charge in [0.15, 0.2) is 0 Å². The summed E-state index contributed by atoms with van der Waals surface area (Å²) < 4.78 is 14.4. The van der Waals surface area contributed by atoms with Crippen molar-refractivity contribution in [3.05, 3.63) is 40.2 Å². The van der Waals surface area contributed by atoms with E-state index < -0.39 is 0 Å². The third kappa shape index (κ3) is 3.25. The summed E-state index contributed by atoms with van der Waals surface area (Å²) in [5.41, 5.74) is 2.68. The number of hydrogen-bond donors (Lipinski definition) is 0. The molecule has 0 radical (unpaired) electrons. The first-order valence-electron chi connectivity index (χ1n) is 8.70. The van der Waals surface area contributed by atoms with Gasteiger partial charge in [0.05, 0.1) is 5.02 Å². The number of halogens is 2. The summed E-state index contributed by atoms with van der Waals surface area (Å²) in [6, 6.07) is 3.82. The van der Waals surface area contributed by atoms with Gasteiger partial charge >= 0.3 is 0 Å². The molecule has 0 saturated heterocycles. The molecule has 1 aromatic carbocycles. The van der Waals surface area contributed by atoms with E-state index in [1.54, 1.807) is 0 Å². The van der Waals surface area contributed by atoms with Crippen LogP contribution in [0.5, 0.6) is 0 Å². The van der Waals surface area contributed by atoms with Gasteiger partial charge in [-0.15, -0.1) is 0 Å². The van der Waals surface area contributed by atoms with Crippen LogP contribution in [-0.4, -0.2) is 0 Å². The Hall–Kier alpha value is -0.820. The maximum atomic E-state index is 14.4. The molecule has 0 amide bonds. The van der Waals surface area contributed by atoms with Crippen LogP contribution in [0.15, 0.2) is 18.2 Å². The van der Waals surface area contributed by atoms with Crippen LogP contribution in [0.2, 0.25) is 5.02 Å². The maximum absolute atomic E-state index is 14.4. The lowest BCUT2D eigenvalue weighted by atomic mass is 9.71. The lowest BCUT2D eigenvalue weighted by Crippen LogP contribution is -2.22. The molecule has 1 fully saturated rings. The highest BCUT2D eigenvalue weighted by molar-refractivity contribution is 6.31. The molecule has 0 aliphatic heterocycles. The van der Waals surface area contributed by atoms with Gasteiger partial charge in [-0.3, -0.25) is 0 Å². The minimum Gasteiger partial charge on any atom is -0.205 e. The molecule has 2 aliphatic rings. The zero-order valence-electron chi connectivity index (χ0n) is 13.7. The van der Waals surface area contributed by atoms with Gasteiger partial charge < -0.3 is 0 Å². The Kier molecular flexibility index (Phi) is 4.92. The van der Waals surface area contributed by atoms with Crippen molar-refractivity contribution >= 4 is 17.2 Å². The fourth-order valence-corrected chi connectivity index (χ4v) is 4.34. The van der Waals surface area contributed by atoms with Gasteiger partial charge in [-0.25, -0.2) is 4.39 Å². The third-order valence-electron chi connectivity index (χ3n) is 5.80. The van der Waals surface area contributed by atoms with E-state index in [1.807, 2.05) is 19.1 Å². The molecule has 1 saturated carbocycles. The summed E-state index contributed by atoms with van der Waals surface area (Å²) in [4.78, 5) is 0. The predicted molar refractivity (Wildman–Crippen MR) is 92.6 cm³/mol. The fourth-order valence-electron chi connectivity index (χ4n) is 4.18.